The van der Waals surface area contributed by atoms with Crippen LogP contribution in [0.1, 0.15) is 42.0 Å². The number of benzene rings is 1. The van der Waals surface area contributed by atoms with Crippen molar-refractivity contribution >= 4 is 27.5 Å². The van der Waals surface area contributed by atoms with Gasteiger partial charge in [-0.25, -0.2) is 17.9 Å². The first-order chi connectivity index (χ1) is 13.4. The minimum absolute atomic E-state index is 0.311. The molecule has 1 fully saturated rings. The van der Waals surface area contributed by atoms with Crippen molar-refractivity contribution in [2.45, 2.75) is 50.7 Å². The highest BCUT2D eigenvalue weighted by Crippen LogP contribution is 2.38. The molecule has 1 aromatic carbocycles. The molecule has 1 aromatic rings. The van der Waals surface area contributed by atoms with Crippen LogP contribution < -0.4 is 10.0 Å². The van der Waals surface area contributed by atoms with E-state index < -0.39 is 21.3 Å². The van der Waals surface area contributed by atoms with Crippen LogP contribution >= 0.6 is 0 Å². The van der Waals surface area contributed by atoms with Gasteiger partial charge in [0.1, 0.15) is 5.25 Å². The third-order valence-corrected chi connectivity index (χ3v) is 7.58. The minimum Gasteiger partial charge on any atom is -0.411 e. The number of fused-ring (bicyclic) bond motifs is 2. The molecule has 8 nitrogen and oxygen atoms in total. The quantitative estimate of drug-likeness (QED) is 0.391. The van der Waals surface area contributed by atoms with Crippen LogP contribution in [0.15, 0.2) is 11.2 Å². The number of nitrogens with zero attached hydrogens (tertiary/aromatic N) is 2. The first kappa shape index (κ1) is 19.2. The van der Waals surface area contributed by atoms with Gasteiger partial charge in [-0.05, 0) is 67.7 Å². The van der Waals surface area contributed by atoms with E-state index in [9.17, 15) is 13.2 Å². The lowest BCUT2D eigenvalue weighted by molar-refractivity contribution is 0.208. The Morgan fingerprint density at radius 2 is 1.79 bits per heavy atom. The molecule has 1 aliphatic heterocycles. The normalized spacial score (nSPS) is 19.8. The van der Waals surface area contributed by atoms with Crippen LogP contribution in [0.2, 0.25) is 0 Å². The number of anilines is 1. The van der Waals surface area contributed by atoms with E-state index in [1.54, 1.807) is 6.92 Å². The van der Waals surface area contributed by atoms with E-state index in [0.717, 1.165) is 44.2 Å². The summed E-state index contributed by atoms with van der Waals surface area (Å²) in [5.74, 6) is 0. The summed E-state index contributed by atoms with van der Waals surface area (Å²) in [6.07, 6.45) is 6.03. The van der Waals surface area contributed by atoms with Gasteiger partial charge >= 0.3 is 6.03 Å². The average molecular weight is 407 g/mol. The second-order valence-electron chi connectivity index (χ2n) is 7.99. The highest BCUT2D eigenvalue weighted by molar-refractivity contribution is 7.90. The number of hydrogen-bond acceptors (Lipinski definition) is 6. The minimum atomic E-state index is -3.75. The number of nitrogens with one attached hydrogen (secondary N) is 2. The van der Waals surface area contributed by atoms with Gasteiger partial charge in [-0.15, -0.1) is 0 Å². The Kier molecular flexibility index (Phi) is 5.05. The van der Waals surface area contributed by atoms with Crippen molar-refractivity contribution in [2.24, 2.45) is 5.16 Å². The van der Waals surface area contributed by atoms with E-state index in [-0.39, 0.29) is 0 Å². The maximum Gasteiger partial charge on any atom is 0.332 e. The average Bonchev–Trinajstić information content (AvgIpc) is 3.25. The topological polar surface area (TPSA) is 111 Å². The largest absolute Gasteiger partial charge is 0.411 e. The van der Waals surface area contributed by atoms with Gasteiger partial charge in [0.15, 0.2) is 0 Å². The monoisotopic (exact) mass is 406 g/mol. The molecule has 1 saturated heterocycles. The first-order valence-electron chi connectivity index (χ1n) is 9.76. The fourth-order valence-corrected chi connectivity index (χ4v) is 5.81. The highest BCUT2D eigenvalue weighted by Gasteiger charge is 2.38. The lowest BCUT2D eigenvalue weighted by atomic mass is 9.99. The Morgan fingerprint density at radius 1 is 1.18 bits per heavy atom. The van der Waals surface area contributed by atoms with Crippen LogP contribution in [0, 0.1) is 0 Å². The molecular formula is C19H26N4O4S. The molecule has 2 amide bonds. The van der Waals surface area contributed by atoms with Crippen molar-refractivity contribution < 1.29 is 18.4 Å². The zero-order chi connectivity index (χ0) is 19.9. The summed E-state index contributed by atoms with van der Waals surface area (Å²) in [5, 5.41) is 14.0. The Labute approximate surface area is 165 Å². The van der Waals surface area contributed by atoms with Gasteiger partial charge in [0, 0.05) is 25.3 Å². The predicted molar refractivity (Wildman–Crippen MR) is 107 cm³/mol. The fourth-order valence-electron chi connectivity index (χ4n) is 4.52. The summed E-state index contributed by atoms with van der Waals surface area (Å²) in [4.78, 5) is 14.4. The van der Waals surface area contributed by atoms with E-state index in [2.05, 4.69) is 21.3 Å². The van der Waals surface area contributed by atoms with Crippen molar-refractivity contribution in [1.82, 2.24) is 9.62 Å². The number of oxime groups is 1. The number of urea groups is 1. The number of amides is 2. The highest BCUT2D eigenvalue weighted by atomic mass is 32.2. The second kappa shape index (κ2) is 7.36. The van der Waals surface area contributed by atoms with Crippen LogP contribution in [0.5, 0.6) is 0 Å². The molecule has 0 spiro atoms. The Hall–Kier alpha value is -2.13. The summed E-state index contributed by atoms with van der Waals surface area (Å²) in [6.45, 7) is 2.71. The molecule has 0 saturated carbocycles. The molecule has 9 heteroatoms. The number of carbonyl (C=O) groups excluding carboxylic acids is 1. The number of hydrogen-bond donors (Lipinski definition) is 3. The molecule has 0 atom stereocenters. The predicted octanol–water partition coefficient (Wildman–Crippen LogP) is 1.65. The molecule has 28 heavy (non-hydrogen) atoms. The second-order valence-corrected chi connectivity index (χ2v) is 9.95. The first-order valence-corrected chi connectivity index (χ1v) is 11.3. The van der Waals surface area contributed by atoms with Gasteiger partial charge in [-0.3, -0.25) is 4.90 Å². The summed E-state index contributed by atoms with van der Waals surface area (Å²) < 4.78 is 27.2. The third-order valence-electron chi connectivity index (χ3n) is 5.93. The maximum absolute atomic E-state index is 12.5. The van der Waals surface area contributed by atoms with Crippen molar-refractivity contribution in [1.29, 1.82) is 0 Å². The molecule has 1 heterocycles. The zero-order valence-electron chi connectivity index (χ0n) is 16.0. The van der Waals surface area contributed by atoms with Crippen LogP contribution in [0.3, 0.4) is 0 Å². The fraction of sp³-hybridized carbons (Fsp3) is 0.579. The van der Waals surface area contributed by atoms with Crippen molar-refractivity contribution in [3.05, 3.63) is 28.3 Å². The molecule has 0 bridgehead atoms. The van der Waals surface area contributed by atoms with Crippen LogP contribution in [-0.4, -0.2) is 55.2 Å². The SMILES string of the molecule is C/C(CN1CC(S(=O)(=O)NC(=O)Nc2c3c(cc4c2CCC4)CCC3)C1)=N/O. The van der Waals surface area contributed by atoms with Gasteiger partial charge in [-0.2, -0.15) is 0 Å². The number of rotatable bonds is 5. The van der Waals surface area contributed by atoms with Crippen molar-refractivity contribution in [3.63, 3.8) is 0 Å². The van der Waals surface area contributed by atoms with E-state index in [0.29, 0.717) is 25.3 Å². The van der Waals surface area contributed by atoms with Gasteiger partial charge in [0.2, 0.25) is 10.0 Å². The molecule has 0 unspecified atom stereocenters. The molecule has 0 radical (unpaired) electrons. The molecule has 2 aliphatic carbocycles. The molecule has 0 aromatic heterocycles. The zero-order valence-corrected chi connectivity index (χ0v) is 16.8. The van der Waals surface area contributed by atoms with Gasteiger partial charge in [0.05, 0.1) is 5.71 Å². The molecule has 4 rings (SSSR count). The van der Waals surface area contributed by atoms with Crippen LogP contribution in [-0.2, 0) is 35.7 Å². The number of sulfonamides is 1. The lowest BCUT2D eigenvalue weighted by Gasteiger charge is -2.38. The number of aryl methyl sites for hydroxylation is 2. The van der Waals surface area contributed by atoms with Gasteiger partial charge < -0.3 is 10.5 Å². The van der Waals surface area contributed by atoms with Crippen molar-refractivity contribution in [2.75, 3.05) is 25.0 Å². The number of carbonyl (C=O) groups is 1. The Bertz CT molecular complexity index is 903. The summed E-state index contributed by atoms with van der Waals surface area (Å²) >= 11 is 0. The van der Waals surface area contributed by atoms with E-state index in [4.69, 9.17) is 5.21 Å². The molecule has 3 N–H and O–H groups in total. The van der Waals surface area contributed by atoms with Gasteiger partial charge in [-0.1, -0.05) is 11.2 Å². The summed E-state index contributed by atoms with van der Waals surface area (Å²) in [7, 11) is -3.75. The Morgan fingerprint density at radius 3 is 2.36 bits per heavy atom. The van der Waals surface area contributed by atoms with E-state index in [1.807, 2.05) is 4.90 Å². The molecule has 152 valence electrons. The van der Waals surface area contributed by atoms with Gasteiger partial charge in [0.25, 0.3) is 0 Å². The lowest BCUT2D eigenvalue weighted by Crippen LogP contribution is -2.59. The standard InChI is InChI=1S/C19H26N4O4S/c1-12(21-25)9-23-10-15(11-23)28(26,27)22-19(24)20-18-16-6-2-4-13(16)8-14-5-3-7-17(14)18/h8,15,25H,2-7,9-11H2,1H3,(H2,20,22,24)/b21-12-. The van der Waals surface area contributed by atoms with E-state index in [1.165, 1.54) is 22.3 Å². The molecular weight excluding hydrogens is 380 g/mol. The Balaban J connectivity index is 1.42. The van der Waals surface area contributed by atoms with Crippen LogP contribution in [0.4, 0.5) is 10.5 Å². The maximum atomic E-state index is 12.5. The van der Waals surface area contributed by atoms with Crippen LogP contribution in [0.25, 0.3) is 0 Å². The van der Waals surface area contributed by atoms with E-state index >= 15 is 0 Å². The smallest absolute Gasteiger partial charge is 0.332 e. The number of likely N-dealkylation sites (tertiary alicyclic amines) is 1. The third kappa shape index (κ3) is 3.60. The van der Waals surface area contributed by atoms with Crippen molar-refractivity contribution in [3.8, 4) is 0 Å². The summed E-state index contributed by atoms with van der Waals surface area (Å²) in [5.41, 5.74) is 6.26. The summed E-state index contributed by atoms with van der Waals surface area (Å²) in [6, 6.07) is 1.59. The molecule has 3 aliphatic rings.